The molecule has 0 aliphatic heterocycles. The number of carbonyl (C=O) groups excluding carboxylic acids is 1. The molecule has 0 aromatic heterocycles. The zero-order valence-corrected chi connectivity index (χ0v) is 14.7. The molecule has 0 aliphatic rings. The normalized spacial score (nSPS) is 11.3. The lowest BCUT2D eigenvalue weighted by Crippen LogP contribution is -1.93. The predicted molar refractivity (Wildman–Crippen MR) is 94.8 cm³/mol. The first kappa shape index (κ1) is 20.4. The minimum atomic E-state index is 0.411. The fourth-order valence-electron chi connectivity index (χ4n) is 2.57. The Bertz CT molecular complexity index is 242. The summed E-state index contributed by atoms with van der Waals surface area (Å²) in [4.78, 5) is 11.1. The number of ketones is 1. The topological polar surface area (TPSA) is 17.1 Å². The van der Waals surface area contributed by atoms with Crippen molar-refractivity contribution in [1.82, 2.24) is 0 Å². The maximum Gasteiger partial charge on any atom is 0.132 e. The minimum absolute atomic E-state index is 0.411. The van der Waals surface area contributed by atoms with Gasteiger partial charge in [0, 0.05) is 12.8 Å². The van der Waals surface area contributed by atoms with Gasteiger partial charge in [-0.3, -0.25) is 4.79 Å². The van der Waals surface area contributed by atoms with Gasteiger partial charge in [0.25, 0.3) is 0 Å². The van der Waals surface area contributed by atoms with Crippen LogP contribution in [0.25, 0.3) is 0 Å². The quantitative estimate of drug-likeness (QED) is 0.221. The van der Waals surface area contributed by atoms with Crippen LogP contribution in [0.4, 0.5) is 0 Å². The first-order chi connectivity index (χ1) is 10.3. The molecule has 0 spiro atoms. The molecule has 0 heterocycles. The van der Waals surface area contributed by atoms with Gasteiger partial charge in [-0.15, -0.1) is 0 Å². The summed E-state index contributed by atoms with van der Waals surface area (Å²) in [6, 6.07) is 0. The van der Waals surface area contributed by atoms with Gasteiger partial charge >= 0.3 is 0 Å². The first-order valence-corrected chi connectivity index (χ1v) is 9.48. The highest BCUT2D eigenvalue weighted by Gasteiger charge is 1.96. The molecule has 0 unspecified atom stereocenters. The van der Waals surface area contributed by atoms with E-state index in [9.17, 15) is 4.79 Å². The van der Waals surface area contributed by atoms with E-state index >= 15 is 0 Å². The lowest BCUT2D eigenvalue weighted by atomic mass is 10.1. The van der Waals surface area contributed by atoms with Crippen LogP contribution in [0.3, 0.4) is 0 Å². The first-order valence-electron chi connectivity index (χ1n) is 9.48. The molecule has 0 radical (unpaired) electrons. The van der Waals surface area contributed by atoms with E-state index in [2.05, 4.69) is 19.1 Å². The Balaban J connectivity index is 3.10. The molecule has 0 atom stereocenters. The highest BCUT2D eigenvalue weighted by molar-refractivity contribution is 5.77. The minimum Gasteiger partial charge on any atom is -0.300 e. The molecule has 0 N–H and O–H groups in total. The fraction of sp³-hybridized carbons (Fsp3) is 0.850. The molecule has 0 saturated heterocycles. The van der Waals surface area contributed by atoms with Gasteiger partial charge in [-0.25, -0.2) is 0 Å². The van der Waals surface area contributed by atoms with Crippen molar-refractivity contribution in [2.75, 3.05) is 0 Å². The Morgan fingerprint density at radius 3 is 1.67 bits per heavy atom. The van der Waals surface area contributed by atoms with Crippen molar-refractivity contribution < 1.29 is 4.79 Å². The molecule has 1 nitrogen and oxygen atoms in total. The SMILES string of the molecule is CCCCCCCCCCCC=CCCCCC(=O)CC. The number of unbranched alkanes of at least 4 members (excludes halogenated alkanes) is 11. The van der Waals surface area contributed by atoms with Crippen LogP contribution in [0.2, 0.25) is 0 Å². The Hall–Kier alpha value is -0.590. The van der Waals surface area contributed by atoms with Gasteiger partial charge in [0.15, 0.2) is 0 Å². The number of hydrogen-bond acceptors (Lipinski definition) is 1. The van der Waals surface area contributed by atoms with E-state index in [1.54, 1.807) is 0 Å². The molecular formula is C20H38O. The third-order valence-electron chi connectivity index (χ3n) is 4.11. The molecule has 0 aromatic carbocycles. The monoisotopic (exact) mass is 294 g/mol. The molecule has 0 rings (SSSR count). The van der Waals surface area contributed by atoms with Gasteiger partial charge in [0.2, 0.25) is 0 Å². The van der Waals surface area contributed by atoms with Crippen molar-refractivity contribution in [2.45, 2.75) is 110 Å². The van der Waals surface area contributed by atoms with E-state index in [0.717, 1.165) is 19.3 Å². The maximum absolute atomic E-state index is 11.1. The van der Waals surface area contributed by atoms with E-state index in [1.165, 1.54) is 70.6 Å². The van der Waals surface area contributed by atoms with Gasteiger partial charge < -0.3 is 0 Å². The van der Waals surface area contributed by atoms with E-state index in [4.69, 9.17) is 0 Å². The summed E-state index contributed by atoms with van der Waals surface area (Å²) in [5.41, 5.74) is 0. The lowest BCUT2D eigenvalue weighted by Gasteiger charge is -2.00. The van der Waals surface area contributed by atoms with Crippen LogP contribution in [-0.2, 0) is 4.79 Å². The standard InChI is InChI=1S/C20H38O/c1-3-5-6-7-8-9-10-11-12-13-14-15-16-17-18-19-20(21)4-2/h14-15H,3-13,16-19H2,1-2H3. The van der Waals surface area contributed by atoms with Crippen LogP contribution >= 0.6 is 0 Å². The van der Waals surface area contributed by atoms with Crippen molar-refractivity contribution in [3.05, 3.63) is 12.2 Å². The fourth-order valence-corrected chi connectivity index (χ4v) is 2.57. The van der Waals surface area contributed by atoms with Crippen molar-refractivity contribution in [1.29, 1.82) is 0 Å². The van der Waals surface area contributed by atoms with Crippen molar-refractivity contribution in [3.8, 4) is 0 Å². The smallest absolute Gasteiger partial charge is 0.132 e. The summed E-state index contributed by atoms with van der Waals surface area (Å²) < 4.78 is 0. The predicted octanol–water partition coefficient (Wildman–Crippen LogP) is 7.00. The summed E-state index contributed by atoms with van der Waals surface area (Å²) in [6.45, 7) is 4.23. The van der Waals surface area contributed by atoms with Crippen LogP contribution in [0.1, 0.15) is 110 Å². The zero-order chi connectivity index (χ0) is 15.6. The molecule has 0 saturated carbocycles. The van der Waals surface area contributed by atoms with Crippen LogP contribution in [0.15, 0.2) is 12.2 Å². The Morgan fingerprint density at radius 1 is 0.667 bits per heavy atom. The number of Topliss-reactive ketones (excluding diaryl/α,β-unsaturated/α-hetero) is 1. The molecule has 0 bridgehead atoms. The summed E-state index contributed by atoms with van der Waals surface area (Å²) in [5.74, 6) is 0.411. The highest BCUT2D eigenvalue weighted by Crippen LogP contribution is 2.11. The summed E-state index contributed by atoms with van der Waals surface area (Å²) in [7, 11) is 0. The number of rotatable bonds is 16. The molecule has 124 valence electrons. The van der Waals surface area contributed by atoms with Gasteiger partial charge in [0.1, 0.15) is 5.78 Å². The number of allylic oxidation sites excluding steroid dienone is 2. The van der Waals surface area contributed by atoms with E-state index in [0.29, 0.717) is 12.2 Å². The molecule has 21 heavy (non-hydrogen) atoms. The second kappa shape index (κ2) is 17.5. The third kappa shape index (κ3) is 17.4. The molecular weight excluding hydrogens is 256 g/mol. The molecule has 1 heteroatoms. The lowest BCUT2D eigenvalue weighted by molar-refractivity contribution is -0.118. The number of carbonyl (C=O) groups is 1. The Labute approximate surface area is 133 Å². The Kier molecular flexibility index (Phi) is 17.0. The number of hydrogen-bond donors (Lipinski definition) is 0. The van der Waals surface area contributed by atoms with E-state index < -0.39 is 0 Å². The van der Waals surface area contributed by atoms with Crippen LogP contribution in [0, 0.1) is 0 Å². The van der Waals surface area contributed by atoms with Crippen molar-refractivity contribution >= 4 is 5.78 Å². The average Bonchev–Trinajstić information content (AvgIpc) is 2.50. The second-order valence-electron chi connectivity index (χ2n) is 6.23. The van der Waals surface area contributed by atoms with Crippen LogP contribution < -0.4 is 0 Å². The van der Waals surface area contributed by atoms with Crippen LogP contribution in [0.5, 0.6) is 0 Å². The van der Waals surface area contributed by atoms with Gasteiger partial charge in [-0.05, 0) is 32.1 Å². The molecule has 0 aromatic rings. The zero-order valence-electron chi connectivity index (χ0n) is 14.7. The van der Waals surface area contributed by atoms with Gasteiger partial charge in [-0.1, -0.05) is 77.4 Å². The second-order valence-corrected chi connectivity index (χ2v) is 6.23. The Morgan fingerprint density at radius 2 is 1.14 bits per heavy atom. The van der Waals surface area contributed by atoms with E-state index in [-0.39, 0.29) is 0 Å². The molecule has 0 fully saturated rings. The summed E-state index contributed by atoms with van der Waals surface area (Å²) in [6.07, 6.45) is 23.4. The summed E-state index contributed by atoms with van der Waals surface area (Å²) >= 11 is 0. The van der Waals surface area contributed by atoms with Gasteiger partial charge in [-0.2, -0.15) is 0 Å². The largest absolute Gasteiger partial charge is 0.300 e. The highest BCUT2D eigenvalue weighted by atomic mass is 16.1. The van der Waals surface area contributed by atoms with Crippen molar-refractivity contribution in [3.63, 3.8) is 0 Å². The third-order valence-corrected chi connectivity index (χ3v) is 4.11. The van der Waals surface area contributed by atoms with Crippen molar-refractivity contribution in [2.24, 2.45) is 0 Å². The molecule has 0 aliphatic carbocycles. The average molecular weight is 295 g/mol. The van der Waals surface area contributed by atoms with E-state index in [1.807, 2.05) is 6.92 Å². The maximum atomic E-state index is 11.1. The van der Waals surface area contributed by atoms with Gasteiger partial charge in [0.05, 0.1) is 0 Å². The molecule has 0 amide bonds. The van der Waals surface area contributed by atoms with Crippen LogP contribution in [-0.4, -0.2) is 5.78 Å². The summed E-state index contributed by atoms with van der Waals surface area (Å²) in [5, 5.41) is 0.